The van der Waals surface area contributed by atoms with E-state index in [1.54, 1.807) is 0 Å². The molecule has 0 aliphatic carbocycles. The molecule has 0 saturated carbocycles. The third kappa shape index (κ3) is 6.09. The first-order chi connectivity index (χ1) is 12.3. The summed E-state index contributed by atoms with van der Waals surface area (Å²) in [5.41, 5.74) is 0.352. The van der Waals surface area contributed by atoms with E-state index in [0.29, 0.717) is 0 Å². The fraction of sp³-hybridized carbons (Fsp3) is 0.550. The van der Waals surface area contributed by atoms with Gasteiger partial charge in [0.15, 0.2) is 0 Å². The van der Waals surface area contributed by atoms with E-state index in [9.17, 15) is 4.79 Å². The van der Waals surface area contributed by atoms with Crippen molar-refractivity contribution in [2.75, 3.05) is 6.54 Å². The van der Waals surface area contributed by atoms with Crippen LogP contribution in [0.1, 0.15) is 54.0 Å². The van der Waals surface area contributed by atoms with E-state index in [1.807, 2.05) is 78.8 Å². The number of carbonyl (C=O) groups is 1. The van der Waals surface area contributed by atoms with Crippen LogP contribution in [0.2, 0.25) is 0 Å². The summed E-state index contributed by atoms with van der Waals surface area (Å²) in [6.45, 7) is 13.8. The number of hydrogen-bond donors (Lipinski definition) is 1. The van der Waals surface area contributed by atoms with Gasteiger partial charge in [-0.3, -0.25) is 0 Å². The van der Waals surface area contributed by atoms with Crippen LogP contribution in [0, 0.1) is 0 Å². The maximum Gasteiger partial charge on any atom is 0.492 e. The van der Waals surface area contributed by atoms with Crippen molar-refractivity contribution < 1.29 is 18.8 Å². The molecule has 1 fully saturated rings. The van der Waals surface area contributed by atoms with Crippen LogP contribution in [-0.2, 0) is 14.0 Å². The lowest BCUT2D eigenvalue weighted by atomic mass is 9.77. The van der Waals surface area contributed by atoms with Crippen molar-refractivity contribution in [2.24, 2.45) is 0 Å². The molecule has 0 radical (unpaired) electrons. The van der Waals surface area contributed by atoms with Gasteiger partial charge in [0.05, 0.1) is 11.2 Å². The number of benzene rings is 1. The molecule has 7 heteroatoms. The zero-order valence-corrected chi connectivity index (χ0v) is 18.8. The summed E-state index contributed by atoms with van der Waals surface area (Å²) < 4.78 is 18.7. The molecule has 1 aromatic carbocycles. The van der Waals surface area contributed by atoms with Crippen molar-refractivity contribution in [1.82, 2.24) is 5.32 Å². The van der Waals surface area contributed by atoms with Gasteiger partial charge in [0, 0.05) is 11.0 Å². The third-order valence-corrected chi connectivity index (χ3v) is 5.14. The molecule has 0 unspecified atom stereocenters. The fourth-order valence-electron chi connectivity index (χ4n) is 2.46. The minimum absolute atomic E-state index is 0.266. The number of halogens is 1. The average Bonchev–Trinajstić information content (AvgIpc) is 2.72. The van der Waals surface area contributed by atoms with Crippen molar-refractivity contribution in [1.29, 1.82) is 0 Å². The Kier molecular flexibility index (Phi) is 6.50. The van der Waals surface area contributed by atoms with Crippen LogP contribution in [0.4, 0.5) is 4.79 Å². The molecule has 0 bridgehead atoms. The minimum Gasteiger partial charge on any atom is -0.444 e. The first-order valence-electron chi connectivity index (χ1n) is 9.08. The molecule has 148 valence electrons. The Morgan fingerprint density at radius 1 is 1.15 bits per heavy atom. The van der Waals surface area contributed by atoms with Gasteiger partial charge in [-0.05, 0) is 71.6 Å². The molecular weight excluding hydrogens is 409 g/mol. The van der Waals surface area contributed by atoms with E-state index < -0.39 is 30.0 Å². The molecule has 0 spiro atoms. The van der Waals surface area contributed by atoms with Crippen LogP contribution in [0.3, 0.4) is 0 Å². The molecular formula is C20H29BBrNO4. The fourth-order valence-corrected chi connectivity index (χ4v) is 2.72. The average molecular weight is 438 g/mol. The predicted octanol–water partition coefficient (Wildman–Crippen LogP) is 4.99. The molecule has 2 rings (SSSR count). The molecule has 1 amide bonds. The van der Waals surface area contributed by atoms with Gasteiger partial charge in [0.2, 0.25) is 0 Å². The van der Waals surface area contributed by atoms with Crippen LogP contribution in [0.25, 0.3) is 6.08 Å². The van der Waals surface area contributed by atoms with Gasteiger partial charge in [-0.2, -0.15) is 0 Å². The molecule has 0 aromatic heterocycles. The highest BCUT2D eigenvalue weighted by Gasteiger charge is 2.52. The summed E-state index contributed by atoms with van der Waals surface area (Å²) in [7, 11) is -0.548. The van der Waals surface area contributed by atoms with Gasteiger partial charge in [0.25, 0.3) is 0 Å². The summed E-state index contributed by atoms with van der Waals surface area (Å²) in [5.74, 6) is 0. The molecule has 5 nitrogen and oxygen atoms in total. The van der Waals surface area contributed by atoms with E-state index in [-0.39, 0.29) is 6.54 Å². The van der Waals surface area contributed by atoms with Gasteiger partial charge in [-0.15, -0.1) is 0 Å². The summed E-state index contributed by atoms with van der Waals surface area (Å²) >= 11 is 3.44. The Morgan fingerprint density at radius 3 is 2.15 bits per heavy atom. The normalized spacial score (nSPS) is 19.1. The summed E-state index contributed by atoms with van der Waals surface area (Å²) in [4.78, 5) is 12.1. The molecule has 0 atom stereocenters. The number of rotatable bonds is 4. The molecule has 1 aliphatic heterocycles. The summed E-state index contributed by atoms with van der Waals surface area (Å²) in [6.07, 6.45) is 1.51. The van der Waals surface area contributed by atoms with Crippen LogP contribution in [0.5, 0.6) is 0 Å². The highest BCUT2D eigenvalue weighted by Crippen LogP contribution is 2.38. The number of amides is 1. The first kappa shape index (κ1) is 22.0. The standard InChI is InChI=1S/C20H29BBrNO4/c1-18(2,3)25-17(24)23-13-15(12-14-8-10-16(22)11-9-14)21-26-19(4,5)20(6,7)27-21/h8-12H,13H2,1-7H3,(H,23,24). The maximum atomic E-state index is 12.1. The van der Waals surface area contributed by atoms with Crippen LogP contribution < -0.4 is 5.32 Å². The summed E-state index contributed by atoms with van der Waals surface area (Å²) in [6, 6.07) is 7.91. The molecule has 27 heavy (non-hydrogen) atoms. The lowest BCUT2D eigenvalue weighted by molar-refractivity contribution is 0.00578. The molecule has 1 saturated heterocycles. The Hall–Kier alpha value is -1.31. The second-order valence-electron chi connectivity index (χ2n) is 8.71. The highest BCUT2D eigenvalue weighted by atomic mass is 79.9. The lowest BCUT2D eigenvalue weighted by Gasteiger charge is -2.32. The number of alkyl carbamates (subject to hydrolysis) is 1. The molecule has 1 heterocycles. The third-order valence-electron chi connectivity index (χ3n) is 4.61. The topological polar surface area (TPSA) is 56.8 Å². The SMILES string of the molecule is CC(C)(C)OC(=O)NCC(=Cc1ccc(Br)cc1)B1OC(C)(C)C(C)(C)O1. The molecule has 1 aliphatic rings. The van der Waals surface area contributed by atoms with Gasteiger partial charge >= 0.3 is 13.2 Å². The monoisotopic (exact) mass is 437 g/mol. The van der Waals surface area contributed by atoms with Crippen molar-refractivity contribution in [2.45, 2.75) is 65.3 Å². The van der Waals surface area contributed by atoms with Gasteiger partial charge in [-0.1, -0.05) is 34.1 Å². The number of ether oxygens (including phenoxy) is 1. The van der Waals surface area contributed by atoms with Gasteiger partial charge < -0.3 is 19.4 Å². The second kappa shape index (κ2) is 7.98. The summed E-state index contributed by atoms with van der Waals surface area (Å²) in [5, 5.41) is 2.80. The predicted molar refractivity (Wildman–Crippen MR) is 112 cm³/mol. The van der Waals surface area contributed by atoms with Crippen LogP contribution in [-0.4, -0.2) is 36.6 Å². The van der Waals surface area contributed by atoms with E-state index in [1.165, 1.54) is 0 Å². The van der Waals surface area contributed by atoms with Crippen LogP contribution >= 0.6 is 15.9 Å². The molecule has 1 aromatic rings. The smallest absolute Gasteiger partial charge is 0.444 e. The Labute approximate surface area is 171 Å². The highest BCUT2D eigenvalue weighted by molar-refractivity contribution is 9.10. The van der Waals surface area contributed by atoms with E-state index >= 15 is 0 Å². The minimum atomic E-state index is -0.552. The zero-order chi connectivity index (χ0) is 20.5. The van der Waals surface area contributed by atoms with E-state index in [2.05, 4.69) is 21.2 Å². The maximum absolute atomic E-state index is 12.1. The Morgan fingerprint density at radius 2 is 1.67 bits per heavy atom. The van der Waals surface area contributed by atoms with Gasteiger partial charge in [-0.25, -0.2) is 4.79 Å². The van der Waals surface area contributed by atoms with Gasteiger partial charge in [0.1, 0.15) is 5.60 Å². The molecule has 1 N–H and O–H groups in total. The van der Waals surface area contributed by atoms with Crippen molar-refractivity contribution in [3.63, 3.8) is 0 Å². The largest absolute Gasteiger partial charge is 0.492 e. The van der Waals surface area contributed by atoms with Crippen molar-refractivity contribution >= 4 is 35.2 Å². The number of carbonyl (C=O) groups excluding carboxylic acids is 1. The Bertz CT molecular complexity index is 692. The second-order valence-corrected chi connectivity index (χ2v) is 9.63. The number of hydrogen-bond acceptors (Lipinski definition) is 4. The lowest BCUT2D eigenvalue weighted by Crippen LogP contribution is -2.41. The van der Waals surface area contributed by atoms with E-state index in [4.69, 9.17) is 14.0 Å². The first-order valence-corrected chi connectivity index (χ1v) is 9.87. The zero-order valence-electron chi connectivity index (χ0n) is 17.2. The van der Waals surface area contributed by atoms with Crippen molar-refractivity contribution in [3.05, 3.63) is 39.8 Å². The Balaban J connectivity index is 2.22. The van der Waals surface area contributed by atoms with Crippen molar-refractivity contribution in [3.8, 4) is 0 Å². The quantitative estimate of drug-likeness (QED) is 0.674. The number of nitrogens with one attached hydrogen (secondary N) is 1. The van der Waals surface area contributed by atoms with E-state index in [0.717, 1.165) is 15.5 Å². The van der Waals surface area contributed by atoms with Crippen LogP contribution in [0.15, 0.2) is 34.2 Å².